The van der Waals surface area contributed by atoms with Gasteiger partial charge in [-0.1, -0.05) is 12.1 Å². The Bertz CT molecular complexity index is 1400. The second-order valence-corrected chi connectivity index (χ2v) is 9.62. The molecule has 3 aromatic rings. The molecular formula is C29H30FN3O4. The first-order valence-electron chi connectivity index (χ1n) is 12.3. The molecule has 4 N–H and O–H groups in total. The number of nitrogens with two attached hydrogens (primary N) is 2. The highest BCUT2D eigenvalue weighted by atomic mass is 19.1. The van der Waals surface area contributed by atoms with Crippen LogP contribution in [0.1, 0.15) is 58.2 Å². The quantitative estimate of drug-likeness (QED) is 0.165. The van der Waals surface area contributed by atoms with Crippen LogP contribution in [-0.2, 0) is 16.0 Å². The molecule has 0 aromatic heterocycles. The lowest BCUT2D eigenvalue weighted by Gasteiger charge is -2.19. The highest BCUT2D eigenvalue weighted by Crippen LogP contribution is 2.45. The highest BCUT2D eigenvalue weighted by Gasteiger charge is 2.32. The van der Waals surface area contributed by atoms with E-state index in [2.05, 4.69) is 5.10 Å². The van der Waals surface area contributed by atoms with Gasteiger partial charge in [0.05, 0.1) is 20.1 Å². The van der Waals surface area contributed by atoms with Crippen LogP contribution in [0.2, 0.25) is 0 Å². The number of benzene rings is 3. The average Bonchev–Trinajstić information content (AvgIpc) is 3.49. The molecule has 8 heteroatoms. The summed E-state index contributed by atoms with van der Waals surface area (Å²) in [5, 5.41) is 3.60. The Balaban J connectivity index is 1.44. The van der Waals surface area contributed by atoms with Gasteiger partial charge in [-0.05, 0) is 78.8 Å². The number of carbonyl (C=O) groups is 1. The number of amidine groups is 1. The van der Waals surface area contributed by atoms with Crippen molar-refractivity contribution < 1.29 is 23.4 Å². The largest absolute Gasteiger partial charge is 0.492 e. The van der Waals surface area contributed by atoms with Crippen molar-refractivity contribution in [3.05, 3.63) is 81.7 Å². The molecule has 0 saturated heterocycles. The van der Waals surface area contributed by atoms with Gasteiger partial charge in [0.1, 0.15) is 29.3 Å². The molecule has 192 valence electrons. The number of ether oxygens (including phenoxy) is 3. The van der Waals surface area contributed by atoms with Crippen molar-refractivity contribution in [3.63, 3.8) is 0 Å². The summed E-state index contributed by atoms with van der Waals surface area (Å²) < 4.78 is 32.1. The van der Waals surface area contributed by atoms with Crippen LogP contribution >= 0.6 is 0 Å². The summed E-state index contributed by atoms with van der Waals surface area (Å²) in [4.78, 5) is 11.7. The van der Waals surface area contributed by atoms with Gasteiger partial charge >= 0.3 is 5.97 Å². The molecule has 0 amide bonds. The molecule has 0 unspecified atom stereocenters. The van der Waals surface area contributed by atoms with E-state index in [9.17, 15) is 4.79 Å². The summed E-state index contributed by atoms with van der Waals surface area (Å²) in [6.45, 7) is 4.43. The Morgan fingerprint density at radius 1 is 1.16 bits per heavy atom. The van der Waals surface area contributed by atoms with E-state index in [1.807, 2.05) is 50.2 Å². The van der Waals surface area contributed by atoms with Crippen LogP contribution in [0.25, 0.3) is 11.1 Å². The van der Waals surface area contributed by atoms with Gasteiger partial charge in [0.2, 0.25) is 0 Å². The Labute approximate surface area is 215 Å². The Kier molecular flexibility index (Phi) is 6.50. The fraction of sp³-hybridized carbons (Fsp3) is 0.310. The van der Waals surface area contributed by atoms with E-state index in [1.54, 1.807) is 0 Å². The van der Waals surface area contributed by atoms with Gasteiger partial charge in [0.25, 0.3) is 0 Å². The summed E-state index contributed by atoms with van der Waals surface area (Å²) in [5.41, 5.74) is 13.2. The van der Waals surface area contributed by atoms with Gasteiger partial charge in [-0.3, -0.25) is 4.79 Å². The average molecular weight is 504 g/mol. The van der Waals surface area contributed by atoms with E-state index in [0.717, 1.165) is 38.9 Å². The van der Waals surface area contributed by atoms with E-state index in [0.29, 0.717) is 36.5 Å². The number of aryl methyl sites for hydroxylation is 2. The van der Waals surface area contributed by atoms with Crippen LogP contribution in [0.3, 0.4) is 0 Å². The summed E-state index contributed by atoms with van der Waals surface area (Å²) in [5.74, 6) is 6.33. The Morgan fingerprint density at radius 2 is 1.92 bits per heavy atom. The number of rotatable bonds is 6. The zero-order chi connectivity index (χ0) is 26.3. The maximum Gasteiger partial charge on any atom is 0.306 e. The molecule has 2 atom stereocenters. The van der Waals surface area contributed by atoms with Gasteiger partial charge in [0, 0.05) is 28.7 Å². The minimum absolute atomic E-state index is 0.0481. The normalized spacial score (nSPS) is 18.2. The maximum atomic E-state index is 15.2. The number of esters is 1. The van der Waals surface area contributed by atoms with Crippen molar-refractivity contribution in [1.82, 2.24) is 0 Å². The Hall–Kier alpha value is -4.07. The minimum Gasteiger partial charge on any atom is -0.492 e. The maximum absolute atomic E-state index is 15.2. The molecule has 2 aliphatic rings. The van der Waals surface area contributed by atoms with Crippen LogP contribution < -0.4 is 21.1 Å². The lowest BCUT2D eigenvalue weighted by molar-refractivity contribution is -0.141. The lowest BCUT2D eigenvalue weighted by Crippen LogP contribution is -2.16. The predicted molar refractivity (Wildman–Crippen MR) is 139 cm³/mol. The Morgan fingerprint density at radius 3 is 2.62 bits per heavy atom. The monoisotopic (exact) mass is 503 g/mol. The van der Waals surface area contributed by atoms with Crippen molar-refractivity contribution in [2.45, 2.75) is 45.1 Å². The topological polar surface area (TPSA) is 109 Å². The second-order valence-electron chi connectivity index (χ2n) is 9.62. The molecular weight excluding hydrogens is 473 g/mol. The SMILES string of the molecule is COC(=O)C[C@@H]1COc2cc(O[C@@H]3CCc4c(-c5c(C)cc(/C(N)=N/N)cc5C)ccc(F)c43)ccc21. The van der Waals surface area contributed by atoms with E-state index < -0.39 is 6.10 Å². The highest BCUT2D eigenvalue weighted by molar-refractivity contribution is 5.98. The van der Waals surface area contributed by atoms with Gasteiger partial charge < -0.3 is 25.8 Å². The van der Waals surface area contributed by atoms with Crippen LogP contribution in [0, 0.1) is 19.7 Å². The molecule has 0 radical (unpaired) electrons. The van der Waals surface area contributed by atoms with Gasteiger partial charge in [-0.25, -0.2) is 4.39 Å². The second kappa shape index (κ2) is 9.76. The smallest absolute Gasteiger partial charge is 0.306 e. The number of methoxy groups -OCH3 is 1. The lowest BCUT2D eigenvalue weighted by atomic mass is 9.89. The van der Waals surface area contributed by atoms with Crippen LogP contribution in [0.15, 0.2) is 47.6 Å². The predicted octanol–water partition coefficient (Wildman–Crippen LogP) is 4.79. The third-order valence-corrected chi connectivity index (χ3v) is 7.30. The number of nitrogens with zero attached hydrogens (tertiary/aromatic N) is 1. The van der Waals surface area contributed by atoms with Crippen LogP contribution in [-0.4, -0.2) is 25.5 Å². The number of hydrogen-bond donors (Lipinski definition) is 2. The molecule has 7 nitrogen and oxygen atoms in total. The number of hydrazone groups is 1. The van der Waals surface area contributed by atoms with E-state index in [1.165, 1.54) is 13.2 Å². The third-order valence-electron chi connectivity index (χ3n) is 7.30. The van der Waals surface area contributed by atoms with E-state index >= 15 is 4.39 Å². The number of fused-ring (bicyclic) bond motifs is 2. The molecule has 1 aliphatic heterocycles. The summed E-state index contributed by atoms with van der Waals surface area (Å²) in [7, 11) is 1.38. The molecule has 0 saturated carbocycles. The van der Waals surface area contributed by atoms with Crippen LogP contribution in [0.4, 0.5) is 4.39 Å². The van der Waals surface area contributed by atoms with Crippen molar-refractivity contribution >= 4 is 11.8 Å². The van der Waals surface area contributed by atoms with Gasteiger partial charge in [-0.15, -0.1) is 0 Å². The van der Waals surface area contributed by atoms with Crippen molar-refractivity contribution in [2.75, 3.05) is 13.7 Å². The van der Waals surface area contributed by atoms with Crippen molar-refractivity contribution in [3.8, 4) is 22.6 Å². The molecule has 5 rings (SSSR count). The fourth-order valence-corrected chi connectivity index (χ4v) is 5.58. The van der Waals surface area contributed by atoms with E-state index in [-0.39, 0.29) is 30.0 Å². The molecule has 3 aromatic carbocycles. The zero-order valence-corrected chi connectivity index (χ0v) is 21.1. The number of carbonyl (C=O) groups excluding carboxylic acids is 1. The van der Waals surface area contributed by atoms with Crippen molar-refractivity contribution in [2.24, 2.45) is 16.7 Å². The fourth-order valence-electron chi connectivity index (χ4n) is 5.58. The molecule has 0 bridgehead atoms. The molecule has 1 heterocycles. The minimum atomic E-state index is -0.417. The first-order chi connectivity index (χ1) is 17.8. The summed E-state index contributed by atoms with van der Waals surface area (Å²) in [6, 6.07) is 12.9. The molecule has 37 heavy (non-hydrogen) atoms. The summed E-state index contributed by atoms with van der Waals surface area (Å²) >= 11 is 0. The standard InChI is InChI=1S/C29H30FN3O4/c1-15-10-17(29(31)33-32)11-16(2)27(15)21-6-8-23(30)28-22(21)7-9-24(28)37-19-4-5-20-18(12-26(34)35-3)14-36-25(20)13-19/h4-6,8,10-11,13,18,24H,7,9,12,14,32H2,1-3H3,(H2,31,33)/t18-,24-/m1/s1. The third kappa shape index (κ3) is 4.48. The van der Waals surface area contributed by atoms with Crippen molar-refractivity contribution in [1.29, 1.82) is 0 Å². The molecule has 1 aliphatic carbocycles. The van der Waals surface area contributed by atoms with Gasteiger partial charge in [0.15, 0.2) is 0 Å². The number of hydrogen-bond acceptors (Lipinski definition) is 6. The van der Waals surface area contributed by atoms with E-state index in [4.69, 9.17) is 25.8 Å². The molecule has 0 spiro atoms. The van der Waals surface area contributed by atoms with Crippen LogP contribution in [0.5, 0.6) is 11.5 Å². The van der Waals surface area contributed by atoms with Gasteiger partial charge in [-0.2, -0.15) is 5.10 Å². The summed E-state index contributed by atoms with van der Waals surface area (Å²) in [6.07, 6.45) is 1.21. The molecule has 0 fully saturated rings. The first kappa shape index (κ1) is 24.6. The zero-order valence-electron chi connectivity index (χ0n) is 21.1. The first-order valence-corrected chi connectivity index (χ1v) is 12.3. The number of halogens is 1.